The molecule has 4 rings (SSSR count). The Morgan fingerprint density at radius 2 is 1.70 bits per heavy atom. The summed E-state index contributed by atoms with van der Waals surface area (Å²) in [6.07, 6.45) is 0.397. The highest BCUT2D eigenvalue weighted by atomic mass is 16.5. The van der Waals surface area contributed by atoms with Gasteiger partial charge < -0.3 is 25.2 Å². The van der Waals surface area contributed by atoms with Crippen LogP contribution in [0.5, 0.6) is 0 Å². The molecule has 1 heterocycles. The van der Waals surface area contributed by atoms with Crippen LogP contribution in [0.25, 0.3) is 11.1 Å². The molecule has 0 spiro atoms. The number of carbonyl (C=O) groups excluding carboxylic acids is 2. The van der Waals surface area contributed by atoms with Crippen LogP contribution >= 0.6 is 0 Å². The third-order valence-corrected chi connectivity index (χ3v) is 6.15. The number of carbonyl (C=O) groups is 3. The molecule has 3 N–H and O–H groups in total. The topological polar surface area (TPSA) is 114 Å². The van der Waals surface area contributed by atoms with Crippen LogP contribution in [0.4, 0.5) is 4.79 Å². The first-order valence-electron chi connectivity index (χ1n) is 11.2. The van der Waals surface area contributed by atoms with E-state index in [0.717, 1.165) is 35.1 Å². The van der Waals surface area contributed by atoms with Gasteiger partial charge in [-0.05, 0) is 42.0 Å². The summed E-state index contributed by atoms with van der Waals surface area (Å²) in [6.45, 7) is 2.31. The Labute approximate surface area is 192 Å². The maximum atomic E-state index is 12.5. The zero-order valence-corrected chi connectivity index (χ0v) is 18.5. The summed E-state index contributed by atoms with van der Waals surface area (Å²) < 4.78 is 11.1. The number of carboxylic acids is 1. The zero-order valence-electron chi connectivity index (χ0n) is 18.5. The van der Waals surface area contributed by atoms with E-state index in [4.69, 9.17) is 9.47 Å². The van der Waals surface area contributed by atoms with E-state index in [2.05, 4.69) is 10.6 Å². The lowest BCUT2D eigenvalue weighted by atomic mass is 9.98. The maximum Gasteiger partial charge on any atom is 0.407 e. The number of hydrogen-bond donors (Lipinski definition) is 3. The van der Waals surface area contributed by atoms with Gasteiger partial charge in [0.05, 0.1) is 18.6 Å². The maximum absolute atomic E-state index is 12.5. The Kier molecular flexibility index (Phi) is 6.93. The van der Waals surface area contributed by atoms with Crippen molar-refractivity contribution in [3.8, 4) is 11.1 Å². The molecule has 1 aliphatic carbocycles. The highest BCUT2D eigenvalue weighted by molar-refractivity contribution is 5.89. The first kappa shape index (κ1) is 22.8. The number of alkyl carbamates (subject to hydrolysis) is 1. The SMILES string of the molecule is CC1CCC(CNC(=O)C(CC(=O)O)NC(=O)OCC2c3ccccc3-c3ccccc32)O1. The van der Waals surface area contributed by atoms with Gasteiger partial charge in [-0.3, -0.25) is 9.59 Å². The van der Waals surface area contributed by atoms with E-state index in [0.29, 0.717) is 0 Å². The molecule has 8 heteroatoms. The second-order valence-electron chi connectivity index (χ2n) is 8.51. The van der Waals surface area contributed by atoms with Crippen LogP contribution in [-0.2, 0) is 19.1 Å². The fourth-order valence-electron chi connectivity index (χ4n) is 4.54. The van der Waals surface area contributed by atoms with Crippen molar-refractivity contribution >= 4 is 18.0 Å². The molecular weight excluding hydrogens is 424 g/mol. The predicted molar refractivity (Wildman–Crippen MR) is 121 cm³/mol. The van der Waals surface area contributed by atoms with Gasteiger partial charge in [0.15, 0.2) is 0 Å². The van der Waals surface area contributed by atoms with Gasteiger partial charge in [0.1, 0.15) is 12.6 Å². The summed E-state index contributed by atoms with van der Waals surface area (Å²) in [6, 6.07) is 14.7. The Morgan fingerprint density at radius 1 is 1.06 bits per heavy atom. The molecule has 3 atom stereocenters. The molecule has 174 valence electrons. The molecule has 33 heavy (non-hydrogen) atoms. The molecule has 8 nitrogen and oxygen atoms in total. The monoisotopic (exact) mass is 452 g/mol. The fraction of sp³-hybridized carbons (Fsp3) is 0.400. The van der Waals surface area contributed by atoms with Gasteiger partial charge in [-0.15, -0.1) is 0 Å². The molecule has 1 saturated heterocycles. The van der Waals surface area contributed by atoms with Crippen molar-refractivity contribution in [3.05, 3.63) is 59.7 Å². The lowest BCUT2D eigenvalue weighted by molar-refractivity contribution is -0.139. The molecule has 0 bridgehead atoms. The van der Waals surface area contributed by atoms with Crippen LogP contribution in [0.1, 0.15) is 43.2 Å². The fourth-order valence-corrected chi connectivity index (χ4v) is 4.54. The summed E-state index contributed by atoms with van der Waals surface area (Å²) in [5, 5.41) is 14.3. The average Bonchev–Trinajstić information content (AvgIpc) is 3.36. The van der Waals surface area contributed by atoms with E-state index in [-0.39, 0.29) is 31.3 Å². The first-order chi connectivity index (χ1) is 15.9. The Hall–Kier alpha value is -3.39. The van der Waals surface area contributed by atoms with Crippen molar-refractivity contribution in [2.24, 2.45) is 0 Å². The molecule has 1 aliphatic heterocycles. The Balaban J connectivity index is 1.36. The third-order valence-electron chi connectivity index (χ3n) is 6.15. The van der Waals surface area contributed by atoms with Crippen molar-refractivity contribution < 1.29 is 29.0 Å². The van der Waals surface area contributed by atoms with E-state index in [1.54, 1.807) is 0 Å². The van der Waals surface area contributed by atoms with Crippen LogP contribution in [0, 0.1) is 0 Å². The minimum absolute atomic E-state index is 0.0784. The zero-order chi connectivity index (χ0) is 23.4. The van der Waals surface area contributed by atoms with E-state index >= 15 is 0 Å². The van der Waals surface area contributed by atoms with Crippen molar-refractivity contribution in [1.82, 2.24) is 10.6 Å². The number of benzene rings is 2. The minimum Gasteiger partial charge on any atom is -0.481 e. The van der Waals surface area contributed by atoms with Crippen molar-refractivity contribution in [2.45, 2.75) is 50.4 Å². The number of ether oxygens (including phenoxy) is 2. The number of amides is 2. The number of hydrogen-bond acceptors (Lipinski definition) is 5. The van der Waals surface area contributed by atoms with Crippen molar-refractivity contribution in [2.75, 3.05) is 13.2 Å². The van der Waals surface area contributed by atoms with Gasteiger partial charge in [-0.1, -0.05) is 48.5 Å². The van der Waals surface area contributed by atoms with Gasteiger partial charge in [-0.2, -0.15) is 0 Å². The van der Waals surface area contributed by atoms with Crippen LogP contribution in [0.15, 0.2) is 48.5 Å². The average molecular weight is 453 g/mol. The summed E-state index contributed by atoms with van der Waals surface area (Å²) in [7, 11) is 0. The van der Waals surface area contributed by atoms with Gasteiger partial charge in [0, 0.05) is 12.5 Å². The third kappa shape index (κ3) is 5.34. The van der Waals surface area contributed by atoms with Crippen LogP contribution in [0.3, 0.4) is 0 Å². The first-order valence-corrected chi connectivity index (χ1v) is 11.2. The summed E-state index contributed by atoms with van der Waals surface area (Å²) in [5.74, 6) is -1.90. The Bertz CT molecular complexity index is 994. The molecular formula is C25H28N2O6. The lowest BCUT2D eigenvalue weighted by Crippen LogP contribution is -2.49. The largest absolute Gasteiger partial charge is 0.481 e. The number of aliphatic carboxylic acids is 1. The molecule has 0 saturated carbocycles. The van der Waals surface area contributed by atoms with E-state index in [9.17, 15) is 19.5 Å². The van der Waals surface area contributed by atoms with Crippen LogP contribution < -0.4 is 10.6 Å². The highest BCUT2D eigenvalue weighted by Crippen LogP contribution is 2.44. The molecule has 2 aliphatic rings. The van der Waals surface area contributed by atoms with Gasteiger partial charge in [0.25, 0.3) is 0 Å². The lowest BCUT2D eigenvalue weighted by Gasteiger charge is -2.19. The van der Waals surface area contributed by atoms with Crippen molar-refractivity contribution in [1.29, 1.82) is 0 Å². The molecule has 2 amide bonds. The van der Waals surface area contributed by atoms with E-state index in [1.807, 2.05) is 55.5 Å². The standard InChI is InChI=1S/C25H28N2O6/c1-15-10-11-16(33-15)13-26-24(30)22(12-23(28)29)27-25(31)32-14-21-19-8-4-2-6-17(19)18-7-3-5-9-20(18)21/h2-9,15-16,21-22H,10-14H2,1H3,(H,26,30)(H,27,31)(H,28,29). The van der Waals surface area contributed by atoms with Gasteiger partial charge >= 0.3 is 12.1 Å². The normalized spacial score (nSPS) is 19.9. The van der Waals surface area contributed by atoms with Gasteiger partial charge in [0.2, 0.25) is 5.91 Å². The molecule has 2 aromatic carbocycles. The molecule has 3 unspecified atom stereocenters. The molecule has 0 aromatic heterocycles. The molecule has 0 radical (unpaired) electrons. The minimum atomic E-state index is -1.24. The molecule has 1 fully saturated rings. The molecule has 2 aromatic rings. The second-order valence-corrected chi connectivity index (χ2v) is 8.51. The quantitative estimate of drug-likeness (QED) is 0.567. The number of rotatable bonds is 8. The van der Waals surface area contributed by atoms with Crippen LogP contribution in [-0.4, -0.2) is 54.5 Å². The number of fused-ring (bicyclic) bond motifs is 3. The van der Waals surface area contributed by atoms with Crippen molar-refractivity contribution in [3.63, 3.8) is 0 Å². The number of nitrogens with one attached hydrogen (secondary N) is 2. The summed E-state index contributed by atoms with van der Waals surface area (Å²) >= 11 is 0. The summed E-state index contributed by atoms with van der Waals surface area (Å²) in [5.41, 5.74) is 4.34. The van der Waals surface area contributed by atoms with Gasteiger partial charge in [-0.25, -0.2) is 4.79 Å². The highest BCUT2D eigenvalue weighted by Gasteiger charge is 2.31. The second kappa shape index (κ2) is 10.0. The van der Waals surface area contributed by atoms with E-state index < -0.39 is 30.4 Å². The summed E-state index contributed by atoms with van der Waals surface area (Å²) in [4.78, 5) is 36.3. The van der Waals surface area contributed by atoms with Crippen LogP contribution in [0.2, 0.25) is 0 Å². The Morgan fingerprint density at radius 3 is 2.27 bits per heavy atom. The van der Waals surface area contributed by atoms with E-state index in [1.165, 1.54) is 0 Å². The predicted octanol–water partition coefficient (Wildman–Crippen LogP) is 3.05. The smallest absolute Gasteiger partial charge is 0.407 e. The number of carboxylic acid groups (broad SMARTS) is 1.